The van der Waals surface area contributed by atoms with Crippen molar-refractivity contribution < 1.29 is 53.8 Å². The summed E-state index contributed by atoms with van der Waals surface area (Å²) in [7, 11) is -4.43. The van der Waals surface area contributed by atoms with Crippen LogP contribution in [-0.2, 0) is 31.5 Å². The minimum atomic E-state index is -5.97. The minimum absolute atomic E-state index is 0.0535. The van der Waals surface area contributed by atoms with E-state index in [2.05, 4.69) is 10.1 Å². The Labute approximate surface area is 229 Å². The monoisotopic (exact) mass is 605 g/mol. The lowest BCUT2D eigenvalue weighted by molar-refractivity contribution is -0.392. The fraction of sp³-hybridized carbons (Fsp3) is 0.296. The maximum Gasteiger partial charge on any atom is 0.430 e. The third-order valence-electron chi connectivity index (χ3n) is 7.03. The van der Waals surface area contributed by atoms with E-state index in [1.165, 1.54) is 30.3 Å². The molecule has 14 heteroatoms. The molecule has 0 aliphatic heterocycles. The average Bonchev–Trinajstić information content (AvgIpc) is 2.86. The second kappa shape index (κ2) is 10.6. The smallest absolute Gasteiger partial charge is 0.430 e. The summed E-state index contributed by atoms with van der Waals surface area (Å²) in [5, 5.41) is 11.1. The second-order valence-electron chi connectivity index (χ2n) is 9.53. The van der Waals surface area contributed by atoms with Crippen molar-refractivity contribution in [3.8, 4) is 0 Å². The Balaban J connectivity index is 1.79. The van der Waals surface area contributed by atoms with Gasteiger partial charge in [-0.2, -0.15) is 26.3 Å². The zero-order chi connectivity index (χ0) is 30.3. The third-order valence-corrected chi connectivity index (χ3v) is 9.52. The largest absolute Gasteiger partial charge is 0.465 e. The Morgan fingerprint density at radius 2 is 1.41 bits per heavy atom. The molecule has 0 atom stereocenters. The minimum Gasteiger partial charge on any atom is -0.465 e. The number of carboxylic acid groups (broad SMARTS) is 1. The molecule has 220 valence electrons. The maximum absolute atomic E-state index is 14.3. The van der Waals surface area contributed by atoms with Gasteiger partial charge in [0.15, 0.2) is 9.84 Å². The van der Waals surface area contributed by atoms with Crippen molar-refractivity contribution in [3.63, 3.8) is 0 Å². The maximum atomic E-state index is 14.3. The first-order valence-corrected chi connectivity index (χ1v) is 13.4. The van der Waals surface area contributed by atoms with E-state index >= 15 is 0 Å². The van der Waals surface area contributed by atoms with Gasteiger partial charge in [-0.05, 0) is 48.2 Å². The predicted octanol–water partition coefficient (Wildman–Crippen LogP) is 6.46. The Hall–Kier alpha value is -3.65. The molecule has 0 spiro atoms. The van der Waals surface area contributed by atoms with E-state index in [1.54, 1.807) is 0 Å². The summed E-state index contributed by atoms with van der Waals surface area (Å²) in [5.74, 6) is -0.743. The van der Waals surface area contributed by atoms with Gasteiger partial charge in [0, 0.05) is 11.6 Å². The summed E-state index contributed by atoms with van der Waals surface area (Å²) < 4.78 is 129. The normalized spacial score (nSPS) is 19.8. The van der Waals surface area contributed by atoms with Gasteiger partial charge in [-0.25, -0.2) is 17.6 Å². The molecular weight excluding hydrogens is 583 g/mol. The van der Waals surface area contributed by atoms with E-state index in [9.17, 15) is 43.9 Å². The van der Waals surface area contributed by atoms with Crippen LogP contribution in [0.15, 0.2) is 83.8 Å². The Morgan fingerprint density at radius 1 is 0.878 bits per heavy atom. The number of hydrogen-bond donors (Lipinski definition) is 2. The highest BCUT2D eigenvalue weighted by atomic mass is 32.2. The van der Waals surface area contributed by atoms with E-state index in [-0.39, 0.29) is 28.9 Å². The third kappa shape index (κ3) is 5.37. The molecule has 1 saturated carbocycles. The molecule has 0 heterocycles. The molecule has 1 aliphatic rings. The van der Waals surface area contributed by atoms with Crippen molar-refractivity contribution >= 4 is 15.9 Å². The second-order valence-corrected chi connectivity index (χ2v) is 11.8. The number of sulfone groups is 1. The molecule has 2 N–H and O–H groups in total. The molecule has 0 bridgehead atoms. The number of carbonyl (C=O) groups is 1. The van der Waals surface area contributed by atoms with Crippen LogP contribution in [0.1, 0.15) is 29.5 Å². The lowest BCUT2D eigenvalue weighted by atomic mass is 9.74. The van der Waals surface area contributed by atoms with Gasteiger partial charge in [-0.1, -0.05) is 54.6 Å². The zero-order valence-corrected chi connectivity index (χ0v) is 21.7. The van der Waals surface area contributed by atoms with Crippen molar-refractivity contribution in [1.29, 1.82) is 0 Å². The number of benzene rings is 3. The van der Waals surface area contributed by atoms with Crippen LogP contribution < -0.4 is 5.32 Å². The van der Waals surface area contributed by atoms with E-state index < -0.39 is 62.7 Å². The zero-order valence-electron chi connectivity index (χ0n) is 20.8. The van der Waals surface area contributed by atoms with Gasteiger partial charge in [0.2, 0.25) is 0 Å². The van der Waals surface area contributed by atoms with Crippen LogP contribution in [0.3, 0.4) is 0 Å². The van der Waals surface area contributed by atoms with E-state index in [0.29, 0.717) is 12.1 Å². The number of hydrogen-bond acceptors (Lipinski definition) is 4. The molecule has 6 nitrogen and oxygen atoms in total. The Bertz CT molecular complexity index is 1470. The van der Waals surface area contributed by atoms with Crippen LogP contribution in [0.4, 0.5) is 35.5 Å². The van der Waals surface area contributed by atoms with Gasteiger partial charge in [0.25, 0.3) is 5.60 Å². The highest BCUT2D eigenvalue weighted by Crippen LogP contribution is 2.55. The molecular formula is C27H22F7NO5S. The molecule has 1 fully saturated rings. The molecule has 0 aromatic heterocycles. The summed E-state index contributed by atoms with van der Waals surface area (Å²) in [5.41, 5.74) is -6.19. The van der Waals surface area contributed by atoms with Gasteiger partial charge in [0.05, 0.1) is 11.5 Å². The van der Waals surface area contributed by atoms with Crippen molar-refractivity contribution in [1.82, 2.24) is 5.32 Å². The predicted molar refractivity (Wildman–Crippen MR) is 131 cm³/mol. The van der Waals surface area contributed by atoms with Gasteiger partial charge in [0.1, 0.15) is 10.6 Å². The Kier molecular flexibility index (Phi) is 7.86. The van der Waals surface area contributed by atoms with Gasteiger partial charge >= 0.3 is 18.4 Å². The highest BCUT2D eigenvalue weighted by molar-refractivity contribution is 7.92. The first-order valence-electron chi connectivity index (χ1n) is 12.0. The van der Waals surface area contributed by atoms with Gasteiger partial charge < -0.3 is 15.2 Å². The number of amides is 1. The Morgan fingerprint density at radius 3 is 1.90 bits per heavy atom. The van der Waals surface area contributed by atoms with Crippen LogP contribution in [-0.4, -0.2) is 38.0 Å². The molecule has 1 amide bonds. The molecule has 4 rings (SSSR count). The highest BCUT2D eigenvalue weighted by Gasteiger charge is 2.73. The van der Waals surface area contributed by atoms with Crippen LogP contribution in [0.25, 0.3) is 0 Å². The number of rotatable bonds is 8. The van der Waals surface area contributed by atoms with Crippen LogP contribution in [0.2, 0.25) is 0 Å². The van der Waals surface area contributed by atoms with Crippen molar-refractivity contribution in [2.45, 2.75) is 53.1 Å². The molecule has 41 heavy (non-hydrogen) atoms. The van der Waals surface area contributed by atoms with Crippen LogP contribution in [0, 0.1) is 5.82 Å². The standard InChI is InChI=1S/C27H22F7NO5S/c28-20-10-12-22(13-11-20)41(38,39)24(14-21(15-24)35-23(36)37)18-6-8-19(9-7-18)25(26(29,30)31,27(32,33)34)40-16-17-4-2-1-3-5-17/h1-13,21,35H,14-16H2,(H,36,37). The first-order chi connectivity index (χ1) is 19.0. The van der Waals surface area contributed by atoms with Gasteiger partial charge in [-0.15, -0.1) is 0 Å². The number of alkyl halides is 6. The molecule has 0 radical (unpaired) electrons. The summed E-state index contributed by atoms with van der Waals surface area (Å²) >= 11 is 0. The first kappa shape index (κ1) is 30.3. The number of halogens is 7. The number of ether oxygens (including phenoxy) is 1. The topological polar surface area (TPSA) is 92.7 Å². The van der Waals surface area contributed by atoms with Crippen molar-refractivity contribution in [2.75, 3.05) is 0 Å². The lowest BCUT2D eigenvalue weighted by Crippen LogP contribution is -2.57. The van der Waals surface area contributed by atoms with Crippen LogP contribution >= 0.6 is 0 Å². The average molecular weight is 606 g/mol. The summed E-state index contributed by atoms with van der Waals surface area (Å²) in [6.45, 7) is -1.03. The quantitative estimate of drug-likeness (QED) is 0.227. The van der Waals surface area contributed by atoms with E-state index in [0.717, 1.165) is 36.4 Å². The molecule has 0 unspecified atom stereocenters. The SMILES string of the molecule is O=C(O)NC1CC(c2ccc(C(OCc3ccccc3)(C(F)(F)F)C(F)(F)F)cc2)(S(=O)(=O)c2ccc(F)cc2)C1. The molecule has 1 aliphatic carbocycles. The summed E-state index contributed by atoms with van der Waals surface area (Å²) in [4.78, 5) is 10.7. The van der Waals surface area contributed by atoms with Gasteiger partial charge in [-0.3, -0.25) is 0 Å². The lowest BCUT2D eigenvalue weighted by Gasteiger charge is -2.47. The van der Waals surface area contributed by atoms with E-state index in [1.807, 2.05) is 0 Å². The van der Waals surface area contributed by atoms with Crippen molar-refractivity contribution in [3.05, 3.63) is 101 Å². The van der Waals surface area contributed by atoms with Crippen molar-refractivity contribution in [2.24, 2.45) is 0 Å². The number of nitrogens with one attached hydrogen (secondary N) is 1. The van der Waals surface area contributed by atoms with E-state index in [4.69, 9.17) is 5.11 Å². The molecule has 3 aromatic carbocycles. The summed E-state index contributed by atoms with van der Waals surface area (Å²) in [6, 6.07) is 12.4. The molecule has 3 aromatic rings. The fourth-order valence-electron chi connectivity index (χ4n) is 4.97. The van der Waals surface area contributed by atoms with Crippen LogP contribution in [0.5, 0.6) is 0 Å². The summed E-state index contributed by atoms with van der Waals surface area (Å²) in [6.07, 6.45) is -14.1. The molecule has 0 saturated heterocycles. The fourth-order valence-corrected chi connectivity index (χ4v) is 7.21.